The van der Waals surface area contributed by atoms with E-state index in [1.807, 2.05) is 6.55 Å². The van der Waals surface area contributed by atoms with E-state index in [1.165, 1.54) is 0 Å². The summed E-state index contributed by atoms with van der Waals surface area (Å²) >= 11 is 3.96. The maximum absolute atomic E-state index is 8.59. The highest BCUT2D eigenvalue weighted by Crippen LogP contribution is 2.14. The molecule has 1 unspecified atom stereocenters. The number of thiol groups is 1. The summed E-state index contributed by atoms with van der Waals surface area (Å²) in [6.07, 6.45) is 0.740. The standard InChI is InChI=1S/C6H16O3SSi.C2H6O/c1-8-11(2,9-6-10)5-3-4-7;1-2-3/h7,10H,3-6H2,1-2H3;3H,2H2,1H3. The highest BCUT2D eigenvalue weighted by molar-refractivity contribution is 7.80. The van der Waals surface area contributed by atoms with E-state index in [-0.39, 0.29) is 13.2 Å². The highest BCUT2D eigenvalue weighted by atomic mass is 32.1. The van der Waals surface area contributed by atoms with Crippen LogP contribution in [0.5, 0.6) is 0 Å². The molecule has 0 spiro atoms. The van der Waals surface area contributed by atoms with Crippen molar-refractivity contribution in [3.05, 3.63) is 0 Å². The summed E-state index contributed by atoms with van der Waals surface area (Å²) in [4.78, 5) is 0. The molecule has 0 heterocycles. The monoisotopic (exact) mass is 242 g/mol. The summed E-state index contributed by atoms with van der Waals surface area (Å²) < 4.78 is 10.6. The third-order valence-corrected chi connectivity index (χ3v) is 4.84. The number of aliphatic hydroxyl groups is 2. The van der Waals surface area contributed by atoms with Gasteiger partial charge < -0.3 is 19.1 Å². The summed E-state index contributed by atoms with van der Waals surface area (Å²) in [7, 11) is -0.335. The molecule has 0 bridgehead atoms. The molecule has 0 aromatic heterocycles. The van der Waals surface area contributed by atoms with Crippen LogP contribution in [0.3, 0.4) is 0 Å². The minimum atomic E-state index is -1.98. The van der Waals surface area contributed by atoms with Gasteiger partial charge in [-0.3, -0.25) is 0 Å². The molecule has 0 radical (unpaired) electrons. The first-order valence-electron chi connectivity index (χ1n) is 4.61. The molecule has 14 heavy (non-hydrogen) atoms. The third kappa shape index (κ3) is 10.5. The molecule has 0 saturated carbocycles. The van der Waals surface area contributed by atoms with Gasteiger partial charge in [-0.25, -0.2) is 0 Å². The number of hydrogen-bond donors (Lipinski definition) is 3. The minimum Gasteiger partial charge on any atom is -0.398 e. The van der Waals surface area contributed by atoms with Gasteiger partial charge in [0, 0.05) is 20.3 Å². The first kappa shape index (κ1) is 16.8. The normalized spacial score (nSPS) is 14.1. The van der Waals surface area contributed by atoms with Crippen LogP contribution in [0.25, 0.3) is 0 Å². The van der Waals surface area contributed by atoms with Crippen molar-refractivity contribution in [3.63, 3.8) is 0 Å². The van der Waals surface area contributed by atoms with Gasteiger partial charge in [-0.2, -0.15) is 12.6 Å². The van der Waals surface area contributed by atoms with E-state index in [0.29, 0.717) is 5.94 Å². The van der Waals surface area contributed by atoms with E-state index in [9.17, 15) is 0 Å². The summed E-state index contributed by atoms with van der Waals surface area (Å²) in [6.45, 7) is 4.10. The fourth-order valence-electron chi connectivity index (χ4n) is 0.770. The Balaban J connectivity index is 0. The van der Waals surface area contributed by atoms with Crippen LogP contribution < -0.4 is 0 Å². The summed E-state index contributed by atoms with van der Waals surface area (Å²) in [5.41, 5.74) is 0. The van der Waals surface area contributed by atoms with E-state index in [2.05, 4.69) is 12.6 Å². The van der Waals surface area contributed by atoms with Crippen molar-refractivity contribution in [2.45, 2.75) is 25.9 Å². The molecule has 88 valence electrons. The summed E-state index contributed by atoms with van der Waals surface area (Å²) in [6, 6.07) is 0.820. The third-order valence-electron chi connectivity index (χ3n) is 1.59. The second kappa shape index (κ2) is 11.5. The van der Waals surface area contributed by atoms with Crippen molar-refractivity contribution in [1.82, 2.24) is 0 Å². The van der Waals surface area contributed by atoms with Gasteiger partial charge in [0.1, 0.15) is 0 Å². The van der Waals surface area contributed by atoms with Crippen LogP contribution in [0.4, 0.5) is 0 Å². The lowest BCUT2D eigenvalue weighted by molar-refractivity contribution is 0.230. The molecule has 0 amide bonds. The number of aliphatic hydroxyl groups excluding tert-OH is 2. The summed E-state index contributed by atoms with van der Waals surface area (Å²) in [5.74, 6) is 0.391. The summed E-state index contributed by atoms with van der Waals surface area (Å²) in [5, 5.41) is 16.2. The quantitative estimate of drug-likeness (QED) is 0.369. The number of rotatable bonds is 6. The predicted molar refractivity (Wildman–Crippen MR) is 62.8 cm³/mol. The van der Waals surface area contributed by atoms with Gasteiger partial charge in [0.25, 0.3) is 0 Å². The lowest BCUT2D eigenvalue weighted by Gasteiger charge is -2.23. The van der Waals surface area contributed by atoms with E-state index < -0.39 is 8.56 Å². The molecule has 4 nitrogen and oxygen atoms in total. The van der Waals surface area contributed by atoms with Crippen LogP contribution in [0, 0.1) is 0 Å². The van der Waals surface area contributed by atoms with Crippen molar-refractivity contribution in [3.8, 4) is 0 Å². The van der Waals surface area contributed by atoms with E-state index in [4.69, 9.17) is 19.1 Å². The second-order valence-electron chi connectivity index (χ2n) is 2.75. The predicted octanol–water partition coefficient (Wildman–Crippen LogP) is 0.990. The maximum atomic E-state index is 8.59. The zero-order chi connectivity index (χ0) is 11.4. The zero-order valence-electron chi connectivity index (χ0n) is 9.19. The van der Waals surface area contributed by atoms with Crippen LogP contribution in [0.15, 0.2) is 0 Å². The van der Waals surface area contributed by atoms with Gasteiger partial charge >= 0.3 is 8.56 Å². The lowest BCUT2D eigenvalue weighted by Crippen LogP contribution is -2.37. The Labute approximate surface area is 92.9 Å². The molecule has 0 aromatic carbocycles. The molecule has 0 aliphatic carbocycles. The van der Waals surface area contributed by atoms with Crippen LogP contribution in [-0.4, -0.2) is 45.0 Å². The second-order valence-corrected chi connectivity index (χ2v) is 6.48. The molecule has 6 heteroatoms. The van der Waals surface area contributed by atoms with Gasteiger partial charge in [-0.05, 0) is 25.9 Å². The molecule has 0 rings (SSSR count). The fourth-order valence-corrected chi connectivity index (χ4v) is 3.13. The van der Waals surface area contributed by atoms with Crippen molar-refractivity contribution in [1.29, 1.82) is 0 Å². The Hall–Kier alpha value is 0.407. The number of hydrogen-bond acceptors (Lipinski definition) is 5. The Morgan fingerprint density at radius 1 is 1.36 bits per heavy atom. The Morgan fingerprint density at radius 2 is 1.86 bits per heavy atom. The van der Waals surface area contributed by atoms with E-state index >= 15 is 0 Å². The SMILES string of the molecule is CCO.CO[Si](C)(CCCO)OCS. The Kier molecular flexibility index (Phi) is 13.8. The van der Waals surface area contributed by atoms with Gasteiger partial charge in [-0.1, -0.05) is 0 Å². The molecular weight excluding hydrogens is 220 g/mol. The molecule has 0 aliphatic heterocycles. The smallest absolute Gasteiger partial charge is 0.335 e. The van der Waals surface area contributed by atoms with Crippen molar-refractivity contribution in [2.75, 3.05) is 26.3 Å². The molecule has 0 aliphatic rings. The first-order valence-corrected chi connectivity index (χ1v) is 7.77. The van der Waals surface area contributed by atoms with Crippen LogP contribution in [-0.2, 0) is 8.85 Å². The zero-order valence-corrected chi connectivity index (χ0v) is 11.1. The van der Waals surface area contributed by atoms with E-state index in [1.54, 1.807) is 14.0 Å². The topological polar surface area (TPSA) is 58.9 Å². The largest absolute Gasteiger partial charge is 0.398 e. The first-order chi connectivity index (χ1) is 6.60. The van der Waals surface area contributed by atoms with Crippen LogP contribution >= 0.6 is 12.6 Å². The molecule has 0 saturated heterocycles. The van der Waals surface area contributed by atoms with Gasteiger partial charge in [0.05, 0.1) is 5.94 Å². The lowest BCUT2D eigenvalue weighted by atomic mass is 10.5. The maximum Gasteiger partial charge on any atom is 0.335 e. The fraction of sp³-hybridized carbons (Fsp3) is 1.00. The van der Waals surface area contributed by atoms with Crippen LogP contribution in [0.2, 0.25) is 12.6 Å². The van der Waals surface area contributed by atoms with Gasteiger partial charge in [0.2, 0.25) is 0 Å². The Morgan fingerprint density at radius 3 is 2.14 bits per heavy atom. The highest BCUT2D eigenvalue weighted by Gasteiger charge is 2.28. The van der Waals surface area contributed by atoms with Crippen LogP contribution in [0.1, 0.15) is 13.3 Å². The van der Waals surface area contributed by atoms with E-state index in [0.717, 1.165) is 12.5 Å². The molecule has 0 fully saturated rings. The molecular formula is C8H22O4SSi. The van der Waals surface area contributed by atoms with Crippen molar-refractivity contribution in [2.24, 2.45) is 0 Å². The molecule has 0 aromatic rings. The molecule has 2 N–H and O–H groups in total. The van der Waals surface area contributed by atoms with Gasteiger partial charge in [-0.15, -0.1) is 0 Å². The average Bonchev–Trinajstić information content (AvgIpc) is 2.17. The Bertz CT molecular complexity index is 118. The molecule has 1 atom stereocenters. The minimum absolute atomic E-state index is 0.196. The average molecular weight is 242 g/mol. The van der Waals surface area contributed by atoms with Gasteiger partial charge in [0.15, 0.2) is 0 Å². The van der Waals surface area contributed by atoms with Crippen molar-refractivity contribution >= 4 is 21.2 Å². The van der Waals surface area contributed by atoms with Crippen molar-refractivity contribution < 1.29 is 19.1 Å².